The second-order valence-electron chi connectivity index (χ2n) is 7.25. The Balaban J connectivity index is 1.73. The first-order chi connectivity index (χ1) is 14.0. The molecule has 1 aliphatic heterocycles. The molecule has 0 amide bonds. The first kappa shape index (κ1) is 19.6. The highest BCUT2D eigenvalue weighted by molar-refractivity contribution is 7.13. The van der Waals surface area contributed by atoms with Gasteiger partial charge >= 0.3 is 5.97 Å². The van der Waals surface area contributed by atoms with E-state index < -0.39 is 0 Å². The van der Waals surface area contributed by atoms with Gasteiger partial charge < -0.3 is 14.5 Å². The van der Waals surface area contributed by atoms with Crippen LogP contribution >= 0.6 is 11.3 Å². The van der Waals surface area contributed by atoms with Gasteiger partial charge in [0.1, 0.15) is 5.56 Å². The van der Waals surface area contributed by atoms with Crippen LogP contribution in [0.3, 0.4) is 0 Å². The van der Waals surface area contributed by atoms with Gasteiger partial charge in [0.15, 0.2) is 10.8 Å². The van der Waals surface area contributed by atoms with E-state index in [0.717, 1.165) is 65.8 Å². The Morgan fingerprint density at radius 1 is 1.21 bits per heavy atom. The number of ether oxygens (including phenoxy) is 1. The van der Waals surface area contributed by atoms with E-state index in [1.807, 2.05) is 27.8 Å². The van der Waals surface area contributed by atoms with Gasteiger partial charge in [-0.25, -0.2) is 14.8 Å². The molecule has 0 spiro atoms. The fraction of sp³-hybridized carbons (Fsp3) is 0.500. The van der Waals surface area contributed by atoms with E-state index in [0.29, 0.717) is 12.2 Å². The molecule has 1 aliphatic rings. The zero-order chi connectivity index (χ0) is 20.5. The lowest BCUT2D eigenvalue weighted by atomic mass is 10.1. The van der Waals surface area contributed by atoms with Crippen LogP contribution in [-0.4, -0.2) is 58.5 Å². The number of hydrogen-bond donors (Lipinski definition) is 0. The molecule has 9 heteroatoms. The van der Waals surface area contributed by atoms with E-state index in [4.69, 9.17) is 4.74 Å². The second-order valence-corrected chi connectivity index (χ2v) is 8.08. The van der Waals surface area contributed by atoms with Crippen LogP contribution < -0.4 is 9.80 Å². The average Bonchev–Trinajstić information content (AvgIpc) is 3.15. The molecule has 0 radical (unpaired) electrons. The maximum atomic E-state index is 12.7. The maximum absolute atomic E-state index is 12.7. The third-order valence-electron chi connectivity index (χ3n) is 5.18. The zero-order valence-corrected chi connectivity index (χ0v) is 18.1. The summed E-state index contributed by atoms with van der Waals surface area (Å²) in [6.07, 6.45) is 2.60. The number of aryl methyl sites for hydroxylation is 3. The summed E-state index contributed by atoms with van der Waals surface area (Å²) in [6.45, 7) is 9.56. The predicted molar refractivity (Wildman–Crippen MR) is 115 cm³/mol. The van der Waals surface area contributed by atoms with Gasteiger partial charge in [-0.3, -0.25) is 4.68 Å². The molecule has 3 aromatic rings. The molecule has 3 aromatic heterocycles. The highest BCUT2D eigenvalue weighted by Gasteiger charge is 2.27. The second kappa shape index (κ2) is 7.98. The quantitative estimate of drug-likeness (QED) is 0.608. The van der Waals surface area contributed by atoms with Crippen molar-refractivity contribution in [2.24, 2.45) is 7.05 Å². The largest absolute Gasteiger partial charge is 0.462 e. The first-order valence-corrected chi connectivity index (χ1v) is 10.8. The van der Waals surface area contributed by atoms with Crippen molar-refractivity contribution in [3.63, 3.8) is 0 Å². The number of anilines is 2. The minimum Gasteiger partial charge on any atom is -0.462 e. The van der Waals surface area contributed by atoms with Gasteiger partial charge in [-0.2, -0.15) is 5.10 Å². The Morgan fingerprint density at radius 3 is 2.69 bits per heavy atom. The van der Waals surface area contributed by atoms with Crippen LogP contribution in [-0.2, 0) is 11.8 Å². The smallest absolute Gasteiger partial charge is 0.341 e. The summed E-state index contributed by atoms with van der Waals surface area (Å²) < 4.78 is 7.10. The summed E-state index contributed by atoms with van der Waals surface area (Å²) in [5.41, 5.74) is 4.10. The zero-order valence-electron chi connectivity index (χ0n) is 17.3. The van der Waals surface area contributed by atoms with Gasteiger partial charge in [-0.05, 0) is 27.2 Å². The Labute approximate surface area is 174 Å². The lowest BCUT2D eigenvalue weighted by molar-refractivity contribution is 0.0527. The monoisotopic (exact) mass is 414 g/mol. The standard InChI is InChI=1S/C20H26N6O2S/c1-5-28-19(27)15-11-21-18-16(14(3)23-24(18)4)17(15)25-7-6-8-26(10-9-25)20-22-13(2)12-29-20/h11-12H,5-10H2,1-4H3. The van der Waals surface area contributed by atoms with Crippen molar-refractivity contribution in [2.75, 3.05) is 42.6 Å². The lowest BCUT2D eigenvalue weighted by Gasteiger charge is -2.26. The third-order valence-corrected chi connectivity index (χ3v) is 6.20. The van der Waals surface area contributed by atoms with E-state index in [-0.39, 0.29) is 5.97 Å². The summed E-state index contributed by atoms with van der Waals surface area (Å²) in [6, 6.07) is 0. The van der Waals surface area contributed by atoms with Crippen LogP contribution in [0.25, 0.3) is 11.0 Å². The van der Waals surface area contributed by atoms with Crippen LogP contribution in [0.4, 0.5) is 10.8 Å². The van der Waals surface area contributed by atoms with Crippen molar-refractivity contribution in [1.82, 2.24) is 19.7 Å². The van der Waals surface area contributed by atoms with Gasteiger partial charge in [-0.1, -0.05) is 0 Å². The van der Waals surface area contributed by atoms with Crippen molar-refractivity contribution in [3.8, 4) is 0 Å². The highest BCUT2D eigenvalue weighted by atomic mass is 32.1. The summed E-state index contributed by atoms with van der Waals surface area (Å²) in [5, 5.41) is 8.61. The van der Waals surface area contributed by atoms with Gasteiger partial charge in [0, 0.05) is 44.8 Å². The molecule has 1 fully saturated rings. The number of nitrogens with zero attached hydrogens (tertiary/aromatic N) is 6. The maximum Gasteiger partial charge on any atom is 0.341 e. The van der Waals surface area contributed by atoms with Crippen molar-refractivity contribution >= 4 is 39.2 Å². The van der Waals surface area contributed by atoms with Crippen LogP contribution in [0.5, 0.6) is 0 Å². The number of hydrogen-bond acceptors (Lipinski definition) is 8. The third kappa shape index (κ3) is 3.66. The molecule has 0 saturated carbocycles. The average molecular weight is 415 g/mol. The molecule has 8 nitrogen and oxygen atoms in total. The molecular weight excluding hydrogens is 388 g/mol. The van der Waals surface area contributed by atoms with Gasteiger partial charge in [0.2, 0.25) is 0 Å². The molecule has 0 unspecified atom stereocenters. The molecular formula is C20H26N6O2S. The van der Waals surface area contributed by atoms with Gasteiger partial charge in [0.05, 0.1) is 29.1 Å². The molecule has 4 heterocycles. The van der Waals surface area contributed by atoms with Crippen LogP contribution in [0.1, 0.15) is 35.1 Å². The predicted octanol–water partition coefficient (Wildman–Crippen LogP) is 2.94. The number of fused-ring (bicyclic) bond motifs is 1. The highest BCUT2D eigenvalue weighted by Crippen LogP contribution is 2.33. The van der Waals surface area contributed by atoms with Crippen LogP contribution in [0.2, 0.25) is 0 Å². The SMILES string of the molecule is CCOC(=O)c1cnc2c(c(C)nn2C)c1N1CCCN(c2nc(C)cs2)CC1. The minimum absolute atomic E-state index is 0.333. The van der Waals surface area contributed by atoms with Crippen LogP contribution in [0.15, 0.2) is 11.6 Å². The molecule has 0 aromatic carbocycles. The first-order valence-electron chi connectivity index (χ1n) is 9.91. The van der Waals surface area contributed by atoms with Crippen molar-refractivity contribution in [3.05, 3.63) is 28.5 Å². The van der Waals surface area contributed by atoms with E-state index in [1.165, 1.54) is 0 Å². The summed E-state index contributed by atoms with van der Waals surface area (Å²) in [5.74, 6) is -0.336. The number of carbonyl (C=O) groups excluding carboxylic acids is 1. The van der Waals surface area contributed by atoms with Crippen LogP contribution in [0, 0.1) is 13.8 Å². The summed E-state index contributed by atoms with van der Waals surface area (Å²) in [4.78, 5) is 26.5. The molecule has 4 rings (SSSR count). The normalized spacial score (nSPS) is 15.0. The van der Waals surface area contributed by atoms with Crippen molar-refractivity contribution < 1.29 is 9.53 Å². The number of thiazole rings is 1. The summed E-state index contributed by atoms with van der Waals surface area (Å²) in [7, 11) is 1.88. The minimum atomic E-state index is -0.336. The molecule has 0 atom stereocenters. The van der Waals surface area contributed by atoms with Crippen molar-refractivity contribution in [2.45, 2.75) is 27.2 Å². The Kier molecular flexibility index (Phi) is 5.40. The number of rotatable bonds is 4. The Bertz CT molecular complexity index is 1040. The molecule has 0 N–H and O–H groups in total. The molecule has 0 aliphatic carbocycles. The fourth-order valence-corrected chi connectivity index (χ4v) is 4.76. The molecule has 154 valence electrons. The Morgan fingerprint density at radius 2 is 1.97 bits per heavy atom. The van der Waals surface area contributed by atoms with E-state index in [1.54, 1.807) is 22.2 Å². The molecule has 1 saturated heterocycles. The summed E-state index contributed by atoms with van der Waals surface area (Å²) >= 11 is 1.68. The topological polar surface area (TPSA) is 76.4 Å². The fourth-order valence-electron chi connectivity index (χ4n) is 3.90. The molecule has 0 bridgehead atoms. The number of carbonyl (C=O) groups is 1. The van der Waals surface area contributed by atoms with E-state index in [2.05, 4.69) is 30.2 Å². The van der Waals surface area contributed by atoms with Crippen molar-refractivity contribution in [1.29, 1.82) is 0 Å². The Hall–Kier alpha value is -2.68. The van der Waals surface area contributed by atoms with Gasteiger partial charge in [0.25, 0.3) is 0 Å². The van der Waals surface area contributed by atoms with E-state index >= 15 is 0 Å². The number of aromatic nitrogens is 4. The van der Waals surface area contributed by atoms with Gasteiger partial charge in [-0.15, -0.1) is 11.3 Å². The lowest BCUT2D eigenvalue weighted by Crippen LogP contribution is -2.32. The molecule has 29 heavy (non-hydrogen) atoms. The number of pyridine rings is 1. The number of esters is 1. The van der Waals surface area contributed by atoms with E-state index in [9.17, 15) is 4.79 Å².